The zero-order valence-electron chi connectivity index (χ0n) is 14.8. The maximum absolute atomic E-state index is 12.7. The molecule has 2 N–H and O–H groups in total. The maximum Gasteiger partial charge on any atom is 0.298 e. The third kappa shape index (κ3) is 4.76. The average Bonchev–Trinajstić information content (AvgIpc) is 2.75. The molecule has 0 aliphatic carbocycles. The Morgan fingerprint density at radius 2 is 1.29 bits per heavy atom. The minimum Gasteiger partial charge on any atom is -0.505 e. The minimum atomic E-state index is -0.995. The Hall–Kier alpha value is -4.06. The molecule has 0 spiro atoms. The first-order valence-corrected chi connectivity index (χ1v) is 8.51. The second kappa shape index (κ2) is 9.05. The van der Waals surface area contributed by atoms with E-state index >= 15 is 0 Å². The van der Waals surface area contributed by atoms with Crippen molar-refractivity contribution in [1.29, 1.82) is 0 Å². The molecule has 6 heteroatoms. The van der Waals surface area contributed by atoms with E-state index in [0.717, 1.165) is 0 Å². The van der Waals surface area contributed by atoms with Gasteiger partial charge in [0.15, 0.2) is 11.5 Å². The van der Waals surface area contributed by atoms with Gasteiger partial charge in [-0.25, -0.2) is 0 Å². The molecule has 0 fully saturated rings. The predicted molar refractivity (Wildman–Crippen MR) is 107 cm³/mol. The van der Waals surface area contributed by atoms with Crippen LogP contribution in [0.2, 0.25) is 0 Å². The van der Waals surface area contributed by atoms with Crippen molar-refractivity contribution >= 4 is 28.8 Å². The SMILES string of the molecule is O=C(Nc1ccccc1)C(=O)/C(N=Nc1ccccc1)=C(\O)c1ccccc1. The number of nitrogens with one attached hydrogen (secondary N) is 1. The number of carbonyl (C=O) groups excluding carboxylic acids is 2. The number of ketones is 1. The lowest BCUT2D eigenvalue weighted by Gasteiger charge is -2.07. The fourth-order valence-corrected chi connectivity index (χ4v) is 2.35. The van der Waals surface area contributed by atoms with E-state index in [0.29, 0.717) is 16.9 Å². The summed E-state index contributed by atoms with van der Waals surface area (Å²) < 4.78 is 0. The van der Waals surface area contributed by atoms with Gasteiger partial charge in [0.25, 0.3) is 11.7 Å². The van der Waals surface area contributed by atoms with Crippen LogP contribution < -0.4 is 5.32 Å². The van der Waals surface area contributed by atoms with Crippen molar-refractivity contribution in [2.24, 2.45) is 10.2 Å². The number of rotatable bonds is 6. The van der Waals surface area contributed by atoms with Crippen LogP contribution in [0.1, 0.15) is 5.56 Å². The Bertz CT molecular complexity index is 1010. The summed E-state index contributed by atoms with van der Waals surface area (Å²) in [6.45, 7) is 0. The molecule has 3 aromatic carbocycles. The topological polar surface area (TPSA) is 91.1 Å². The Labute approximate surface area is 161 Å². The van der Waals surface area contributed by atoms with Crippen molar-refractivity contribution in [3.05, 3.63) is 102 Å². The molecule has 0 unspecified atom stereocenters. The molecule has 138 valence electrons. The van der Waals surface area contributed by atoms with E-state index in [1.165, 1.54) is 0 Å². The molecule has 1 amide bonds. The number of benzene rings is 3. The van der Waals surface area contributed by atoms with Gasteiger partial charge in [-0.3, -0.25) is 9.59 Å². The summed E-state index contributed by atoms with van der Waals surface area (Å²) in [6, 6.07) is 25.7. The largest absolute Gasteiger partial charge is 0.505 e. The average molecular weight is 371 g/mol. The highest BCUT2D eigenvalue weighted by atomic mass is 16.3. The maximum atomic E-state index is 12.7. The van der Waals surface area contributed by atoms with Crippen LogP contribution in [-0.2, 0) is 9.59 Å². The molecule has 0 aromatic heterocycles. The highest BCUT2D eigenvalue weighted by Gasteiger charge is 2.24. The highest BCUT2D eigenvalue weighted by molar-refractivity contribution is 6.47. The van der Waals surface area contributed by atoms with E-state index in [9.17, 15) is 14.7 Å². The zero-order chi connectivity index (χ0) is 19.8. The smallest absolute Gasteiger partial charge is 0.298 e. The zero-order valence-corrected chi connectivity index (χ0v) is 14.8. The highest BCUT2D eigenvalue weighted by Crippen LogP contribution is 2.21. The minimum absolute atomic E-state index is 0.352. The van der Waals surface area contributed by atoms with E-state index in [1.807, 2.05) is 6.07 Å². The van der Waals surface area contributed by atoms with Gasteiger partial charge in [-0.2, -0.15) is 5.11 Å². The van der Waals surface area contributed by atoms with Crippen molar-refractivity contribution < 1.29 is 14.7 Å². The van der Waals surface area contributed by atoms with Crippen molar-refractivity contribution in [3.63, 3.8) is 0 Å². The fraction of sp³-hybridized carbons (Fsp3) is 0. The molecule has 0 aliphatic heterocycles. The Morgan fingerprint density at radius 1 is 0.750 bits per heavy atom. The molecule has 3 aromatic rings. The second-order valence-electron chi connectivity index (χ2n) is 5.75. The van der Waals surface area contributed by atoms with Crippen LogP contribution in [0.15, 0.2) is 107 Å². The molecule has 0 bridgehead atoms. The van der Waals surface area contributed by atoms with Gasteiger partial charge >= 0.3 is 0 Å². The summed E-state index contributed by atoms with van der Waals surface area (Å²) in [6.07, 6.45) is 0. The standard InChI is InChI=1S/C22H17N3O3/c26-20(16-10-4-1-5-11-16)19(25-24-18-14-8-3-9-15-18)21(27)22(28)23-17-12-6-2-7-13-17/h1-15,26H,(H,23,28)/b20-19+,25-24?. The van der Waals surface area contributed by atoms with Gasteiger partial charge in [0.1, 0.15) is 0 Å². The number of Topliss-reactive ketones (excluding diaryl/α,β-unsaturated/α-hetero) is 1. The monoisotopic (exact) mass is 371 g/mol. The molecule has 3 rings (SSSR count). The van der Waals surface area contributed by atoms with Gasteiger partial charge in [0, 0.05) is 11.3 Å². The Morgan fingerprint density at radius 3 is 1.89 bits per heavy atom. The van der Waals surface area contributed by atoms with E-state index < -0.39 is 23.1 Å². The van der Waals surface area contributed by atoms with E-state index in [2.05, 4.69) is 15.5 Å². The van der Waals surface area contributed by atoms with E-state index in [4.69, 9.17) is 0 Å². The number of hydrogen-bond donors (Lipinski definition) is 2. The summed E-state index contributed by atoms with van der Waals surface area (Å²) in [4.78, 5) is 25.1. The van der Waals surface area contributed by atoms with Gasteiger partial charge in [0.2, 0.25) is 0 Å². The van der Waals surface area contributed by atoms with E-state index in [-0.39, 0.29) is 0 Å². The van der Waals surface area contributed by atoms with Crippen molar-refractivity contribution in [2.75, 3.05) is 5.32 Å². The van der Waals surface area contributed by atoms with Crippen molar-refractivity contribution in [1.82, 2.24) is 0 Å². The summed E-state index contributed by atoms with van der Waals surface area (Å²) in [5.74, 6) is -2.34. The first-order valence-electron chi connectivity index (χ1n) is 8.51. The molecule has 6 nitrogen and oxygen atoms in total. The first-order chi connectivity index (χ1) is 13.6. The van der Waals surface area contributed by atoms with Crippen LogP contribution >= 0.6 is 0 Å². The quantitative estimate of drug-likeness (QED) is 0.279. The number of amides is 1. The lowest BCUT2D eigenvalue weighted by atomic mass is 10.1. The number of nitrogens with zero attached hydrogens (tertiary/aromatic N) is 2. The van der Waals surface area contributed by atoms with Crippen molar-refractivity contribution in [2.45, 2.75) is 0 Å². The summed E-state index contributed by atoms with van der Waals surface area (Å²) in [5, 5.41) is 20.9. The van der Waals surface area contributed by atoms with Crippen LogP contribution in [0.5, 0.6) is 0 Å². The lowest BCUT2D eigenvalue weighted by molar-refractivity contribution is -0.132. The molecule has 0 saturated carbocycles. The van der Waals surface area contributed by atoms with Crippen molar-refractivity contribution in [3.8, 4) is 0 Å². The van der Waals surface area contributed by atoms with Crippen LogP contribution in [0.3, 0.4) is 0 Å². The molecule has 28 heavy (non-hydrogen) atoms. The van der Waals surface area contributed by atoms with Gasteiger partial charge < -0.3 is 10.4 Å². The van der Waals surface area contributed by atoms with Gasteiger partial charge in [-0.1, -0.05) is 66.7 Å². The Kier molecular flexibility index (Phi) is 6.05. The summed E-state index contributed by atoms with van der Waals surface area (Å²) in [5.41, 5.74) is 0.852. The molecule has 0 heterocycles. The number of aliphatic hydroxyl groups is 1. The Balaban J connectivity index is 1.94. The molecular weight excluding hydrogens is 354 g/mol. The van der Waals surface area contributed by atoms with Gasteiger partial charge in [0.05, 0.1) is 5.69 Å². The predicted octanol–water partition coefficient (Wildman–Crippen LogP) is 4.90. The number of carbonyl (C=O) groups is 2. The number of aliphatic hydroxyl groups excluding tert-OH is 1. The van der Waals surface area contributed by atoms with Crippen LogP contribution in [0, 0.1) is 0 Å². The number of azo groups is 1. The molecule has 0 atom stereocenters. The van der Waals surface area contributed by atoms with Crippen LogP contribution in [0.25, 0.3) is 5.76 Å². The molecule has 0 radical (unpaired) electrons. The number of para-hydroxylation sites is 1. The van der Waals surface area contributed by atoms with Gasteiger partial charge in [-0.05, 0) is 24.3 Å². The first kappa shape index (κ1) is 18.7. The lowest BCUT2D eigenvalue weighted by Crippen LogP contribution is -2.24. The summed E-state index contributed by atoms with van der Waals surface area (Å²) in [7, 11) is 0. The molecule has 0 saturated heterocycles. The fourth-order valence-electron chi connectivity index (χ4n) is 2.35. The second-order valence-corrected chi connectivity index (χ2v) is 5.75. The number of anilines is 1. The van der Waals surface area contributed by atoms with Crippen LogP contribution in [-0.4, -0.2) is 16.8 Å². The third-order valence-electron chi connectivity index (χ3n) is 3.75. The summed E-state index contributed by atoms with van der Waals surface area (Å²) >= 11 is 0. The van der Waals surface area contributed by atoms with Crippen LogP contribution in [0.4, 0.5) is 11.4 Å². The normalized spacial score (nSPS) is 11.7. The van der Waals surface area contributed by atoms with Gasteiger partial charge in [-0.15, -0.1) is 5.11 Å². The molecular formula is C22H17N3O3. The third-order valence-corrected chi connectivity index (χ3v) is 3.75. The number of hydrogen-bond acceptors (Lipinski definition) is 5. The molecule has 0 aliphatic rings. The van der Waals surface area contributed by atoms with E-state index in [1.54, 1.807) is 84.9 Å².